The molecular formula is C102H162F3N23O18S2. The van der Waals surface area contributed by atoms with E-state index in [2.05, 4.69) is 97.5 Å². The predicted octanol–water partition coefficient (Wildman–Crippen LogP) is 20.7. The van der Waals surface area contributed by atoms with Gasteiger partial charge in [0.05, 0.1) is 113 Å². The van der Waals surface area contributed by atoms with Crippen molar-refractivity contribution in [3.05, 3.63) is 168 Å². The highest BCUT2D eigenvalue weighted by atomic mass is 32.2. The molecule has 148 heavy (non-hydrogen) atoms. The molecule has 3 saturated carbocycles. The lowest BCUT2D eigenvalue weighted by molar-refractivity contribution is 0.0487. The summed E-state index contributed by atoms with van der Waals surface area (Å²) in [6.07, 6.45) is 10.6. The number of piperidine rings is 3. The average molecular weight is 2160 g/mol. The first-order chi connectivity index (χ1) is 87.4. The van der Waals surface area contributed by atoms with Gasteiger partial charge in [0.15, 0.2) is 39.7 Å². The van der Waals surface area contributed by atoms with Gasteiger partial charge in [-0.05, 0) is 217 Å². The van der Waals surface area contributed by atoms with E-state index in [-0.39, 0.29) is 84.1 Å². The zero-order valence-corrected chi connectivity index (χ0v) is 86.1. The first kappa shape index (κ1) is 85.7. The molecule has 3 saturated heterocycles. The van der Waals surface area contributed by atoms with Gasteiger partial charge in [-0.25, -0.2) is 84.3 Å². The van der Waals surface area contributed by atoms with Crippen LogP contribution in [0.1, 0.15) is 238 Å². The first-order valence-corrected chi connectivity index (χ1v) is 51.2. The van der Waals surface area contributed by atoms with Gasteiger partial charge in [0, 0.05) is 142 Å². The number of rotatable bonds is 21. The number of nitrogens with one attached hydrogen (secondary N) is 6. The van der Waals surface area contributed by atoms with Gasteiger partial charge in [0.25, 0.3) is 5.16 Å². The number of sulfone groups is 2. The Labute approximate surface area is 909 Å². The predicted molar refractivity (Wildman–Crippen MR) is 590 cm³/mol. The van der Waals surface area contributed by atoms with Gasteiger partial charge >= 0.3 is 30.3 Å². The standard InChI is InChI=1S/C32H33FN4O8S2.C29H34FN7O4.C23H25FN8O2.C11H20N2O2.C6H8N2O2.CH4.19H2/c1-32(2,3)45-31(38)37(4)25-16-21(33)15-24-26-28(34-27(24)25)35-30(47(41,42)18-20-9-13-23(44-6)14-10-20)36-29(26)46(39,40)17-19-7-11-22(43-5)12-8-19;1-14-7-18-8-16(14)13-37(18)26-22-20-9-17(30)10-21(36(6)28(39)41-29(3,4)5)23(20)33-25(22)34-27(35-26)40-19-11-31-24(15(2)38)32-12-19;1-10(33)20-27-7-14(8-28-20)34-23-30-21-18(15-4-12(24)5-17(26-2)19(15)29-21)22(31-23)32-9-11-3-13(32)6-16(11)25;1-11(2,3)15-10(14)13-9-5-8-4-7(9)6-12-8;1-4(9)6-7-2-5(10)3-8-6;;;;;;;;;;;;;;;;;;;;/h7-16H,17-18H2,1-6H3,(H,34,35,36);9-12,14-16,18,38H,7-8,13H2,1-6H3,(H,33,34,35);4-5,7-8,10-11,13,16,26,33H,3,6,9,25H2,1-2H3,(H,29,30,31);7-9,12H,4-6H2,1-3H3,(H,13,14);2-4,9-10H,1H3;1H4;19*1H/t;14-,15?,16-,18?;10?,11-,13?,16-;7-,8?,9-;;;;;;;;;;;;;;;;;;;;;/m.111...................../s1/i;;;;;;18*1+1D;1+1. The molecule has 14 aromatic rings. The van der Waals surface area contributed by atoms with E-state index in [9.17, 15) is 45.8 Å². The molecule has 3 aliphatic heterocycles. The van der Waals surface area contributed by atoms with Crippen LogP contribution in [0.2, 0.25) is 0 Å². The van der Waals surface area contributed by atoms with Crippen molar-refractivity contribution in [2.24, 2.45) is 29.4 Å². The van der Waals surface area contributed by atoms with Crippen molar-refractivity contribution in [1.82, 2.24) is 85.4 Å². The van der Waals surface area contributed by atoms with Crippen molar-refractivity contribution >= 4 is 132 Å². The number of anilines is 5. The lowest BCUT2D eigenvalue weighted by Crippen LogP contribution is -2.45. The number of H-pyrrole nitrogens is 3. The van der Waals surface area contributed by atoms with Crippen LogP contribution in [0.3, 0.4) is 0 Å². The molecule has 6 fully saturated rings. The molecular weight excluding hydrogens is 1960 g/mol. The van der Waals surface area contributed by atoms with Gasteiger partial charge in [-0.1, -0.05) is 38.6 Å². The van der Waals surface area contributed by atoms with Crippen molar-refractivity contribution in [2.75, 3.05) is 79.9 Å². The maximum absolute atomic E-state index is 15.2. The topological polar surface area (TPSA) is 542 Å². The number of aromatic hydroxyl groups is 1. The van der Waals surface area contributed by atoms with Crippen molar-refractivity contribution in [2.45, 2.75) is 223 Å². The van der Waals surface area contributed by atoms with E-state index in [1.807, 2.05) is 20.8 Å². The Morgan fingerprint density at radius 3 is 1.35 bits per heavy atom. The fourth-order valence-electron chi connectivity index (χ4n) is 19.0. The number of aliphatic hydroxyl groups excluding tert-OH is 3. The molecule has 12 heterocycles. The number of carbonyl (C=O) groups excluding carboxylic acids is 3. The van der Waals surface area contributed by atoms with Crippen molar-refractivity contribution < 1.29 is 153 Å². The smallest absolute Gasteiger partial charge is 0.414 e. The number of aromatic nitrogens is 15. The molecule has 5 aromatic carbocycles. The third kappa shape index (κ3) is 24.4. The molecule has 6 unspecified atom stereocenters. The molecule has 20 rings (SSSR count). The molecule has 0 spiro atoms. The van der Waals surface area contributed by atoms with E-state index in [1.54, 1.807) is 125 Å². The molecule has 3 aliphatic carbocycles. The highest BCUT2D eigenvalue weighted by molar-refractivity contribution is 7.91. The third-order valence-corrected chi connectivity index (χ3v) is 29.0. The van der Waals surface area contributed by atoms with Gasteiger partial charge in [-0.15, -0.1) is 0 Å². The van der Waals surface area contributed by atoms with Crippen molar-refractivity contribution in [1.29, 1.82) is 0 Å². The van der Waals surface area contributed by atoms with E-state index in [4.69, 9.17) is 113 Å². The number of alkyl carbamates (subject to hydrolysis) is 1. The normalized spacial score (nSPS) is 20.3. The maximum atomic E-state index is 15.2. The summed E-state index contributed by atoms with van der Waals surface area (Å²) < 4.78 is 319. The minimum Gasteiger partial charge on any atom is -0.505 e. The number of aromatic amines is 3. The van der Waals surface area contributed by atoms with Gasteiger partial charge in [0.2, 0.25) is 19.7 Å². The lowest BCUT2D eigenvalue weighted by Gasteiger charge is -2.31. The van der Waals surface area contributed by atoms with E-state index >= 15 is 8.78 Å². The molecule has 0 radical (unpaired) electrons. The van der Waals surface area contributed by atoms with E-state index in [1.165, 1.54) is 94.0 Å². The SMILES string of the molecule is C.CC(C)(C)OC(=O)N[C@@H]1CC2C[C@@H]1CN2.CC(O)c1ncc(O)cn1.CC(O)c1ncc(Oc2nc(N3C[C@H]4CC3C[C@H]4C)c3c(n2)[nH]c2c(N(C)C(=O)OC(C)(C)C)cc(F)cc23)cn1.CNc1cc(F)cc2c1[nH]c1nc(Oc3cnc(C(C)O)nc3)nc(N3C[C@H]4CC3C[C@H]4N)c12.COc1ccc(CS(=O)(=O)c2nc(S(=O)(=O)Cc3ccc(OC)cc3)c3c(n2)[nH]c2c(N(C)C(=O)OC(C)(C)C)cc(F)cc23)cc1.[2HH].[2H][2H].[2H][2H].[2H][2H].[2H][2H].[2H][2H].[2H][2H].[2H][2H].[2H][2H].[2H][2H].[2H][2H].[2H][2H].[2H][2H].[2H][2H].[2H][2H].[2H][2H].[2H][2H].[2H][2H].[2H][2H]. The summed E-state index contributed by atoms with van der Waals surface area (Å²) >= 11 is 0. The second-order valence-corrected chi connectivity index (χ2v) is 44.3. The van der Waals surface area contributed by atoms with Crippen LogP contribution >= 0.6 is 0 Å². The number of amides is 3. The quantitative estimate of drug-likeness (QED) is 0.0181. The second-order valence-electron chi connectivity index (χ2n) is 40.5. The molecule has 12 atom stereocenters. The molecule has 6 bridgehead atoms. The molecule has 6 aliphatic rings. The van der Waals surface area contributed by atoms with Crippen LogP contribution in [0.4, 0.5) is 56.3 Å². The Balaban J connectivity index is -0.000000718. The summed E-state index contributed by atoms with van der Waals surface area (Å²) in [5.41, 5.74) is 8.24. The lowest BCUT2D eigenvalue weighted by atomic mass is 9.97. The Hall–Kier alpha value is -14.3. The second kappa shape index (κ2) is 43.2. The molecule has 12 N–H and O–H groups in total. The zero-order chi connectivity index (χ0) is 142. The minimum absolute atomic E-state index is 0. The number of hydrogen-bond acceptors (Lipinski definition) is 35. The molecule has 3 amide bonds. The number of aliphatic hydroxyl groups is 3. The van der Waals surface area contributed by atoms with Crippen LogP contribution < -0.4 is 60.2 Å². The van der Waals surface area contributed by atoms with Crippen molar-refractivity contribution in [3.8, 4) is 40.8 Å². The molecule has 826 valence electrons. The largest absolute Gasteiger partial charge is 0.505 e. The molecule has 46 heteroatoms. The van der Waals surface area contributed by atoms with E-state index in [0.29, 0.717) is 144 Å². The van der Waals surface area contributed by atoms with Crippen LogP contribution in [0, 0.1) is 41.1 Å². The Morgan fingerprint density at radius 2 is 0.953 bits per heavy atom. The summed E-state index contributed by atoms with van der Waals surface area (Å²) in [7, 11) is -1.09. The molecule has 41 nitrogen and oxygen atoms in total. The number of halogens is 3. The average Bonchev–Trinajstić information content (AvgIpc) is 1.59. The Bertz CT molecular complexity index is 7600. The maximum Gasteiger partial charge on any atom is 0.414 e. The number of methoxy groups -OCH3 is 2. The fourth-order valence-corrected chi connectivity index (χ4v) is 21.8. The number of fused-ring (bicyclic) bond motifs is 15. The summed E-state index contributed by atoms with van der Waals surface area (Å²) in [6, 6.07) is 22.3. The first-order valence-electron chi connectivity index (χ1n) is 65.9. The van der Waals surface area contributed by atoms with Crippen LogP contribution in [-0.2, 0) is 45.4 Å². The zero-order valence-electron chi connectivity index (χ0n) is 120. The number of nitrogens with zero attached hydrogens (tertiary/aromatic N) is 16. The van der Waals surface area contributed by atoms with Crippen LogP contribution in [0.15, 0.2) is 132 Å². The summed E-state index contributed by atoms with van der Waals surface area (Å²) in [5.74, 6) is 3.36. The highest BCUT2D eigenvalue weighted by Crippen LogP contribution is 2.50. The van der Waals surface area contributed by atoms with E-state index < -0.39 is 100 Å². The van der Waals surface area contributed by atoms with Crippen LogP contribution in [-0.4, -0.2) is 232 Å². The van der Waals surface area contributed by atoms with Crippen LogP contribution in [0.5, 0.6) is 40.8 Å². The fraction of sp³-hybridized carbons (Fsp3) is 0.441. The summed E-state index contributed by atoms with van der Waals surface area (Å²) in [4.78, 5) is 105. The van der Waals surface area contributed by atoms with Gasteiger partial charge in [0.1, 0.15) is 92.6 Å². The van der Waals surface area contributed by atoms with E-state index in [0.717, 1.165) is 79.7 Å². The Kier molecular flexibility index (Phi) is 25.0. The molecule has 9 aromatic heterocycles. The monoisotopic (exact) mass is 2160 g/mol. The van der Waals surface area contributed by atoms with Crippen molar-refractivity contribution in [3.63, 3.8) is 0 Å². The Morgan fingerprint density at radius 1 is 0.534 bits per heavy atom. The van der Waals surface area contributed by atoms with Gasteiger partial charge < -0.3 is 100 Å². The number of ether oxygens (including phenoxy) is 7. The van der Waals surface area contributed by atoms with Gasteiger partial charge in [-0.3, -0.25) is 9.80 Å². The minimum atomic E-state index is -4.39. The summed E-state index contributed by atoms with van der Waals surface area (Å²) in [6.45, 7) is 25.7. The third-order valence-electron chi connectivity index (χ3n) is 25.9. The van der Waals surface area contributed by atoms with Gasteiger partial charge in [-0.2, -0.15) is 19.9 Å². The number of hydrogen-bond donors (Lipinski definition) is 11. The van der Waals surface area contributed by atoms with Crippen LogP contribution in [0.25, 0.3) is 65.8 Å². The number of carbonyl (C=O) groups is 3. The number of nitrogens with two attached hydrogens (primary N) is 1. The highest BCUT2D eigenvalue weighted by Gasteiger charge is 2.47. The number of benzene rings is 5. The summed E-state index contributed by atoms with van der Waals surface area (Å²) in [5, 5.41) is 47.6.